The SMILES string of the molecule is O=C(CSc1nnc(SCc2ccccc2Cl)s1)N/N=C\c1ccc(O)c(O)c1. The van der Waals surface area contributed by atoms with Gasteiger partial charge in [0.25, 0.3) is 5.91 Å². The Bertz CT molecular complexity index is 1030. The number of halogens is 1. The van der Waals surface area contributed by atoms with Gasteiger partial charge in [-0.1, -0.05) is 64.7 Å². The Labute approximate surface area is 184 Å². The third-order valence-electron chi connectivity index (χ3n) is 3.43. The zero-order chi connectivity index (χ0) is 20.6. The van der Waals surface area contributed by atoms with Crippen molar-refractivity contribution in [1.82, 2.24) is 15.6 Å². The van der Waals surface area contributed by atoms with Crippen LogP contribution in [0.5, 0.6) is 11.5 Å². The van der Waals surface area contributed by atoms with Crippen molar-refractivity contribution in [3.8, 4) is 11.5 Å². The summed E-state index contributed by atoms with van der Waals surface area (Å²) in [6.07, 6.45) is 1.37. The fraction of sp³-hybridized carbons (Fsp3) is 0.111. The zero-order valence-electron chi connectivity index (χ0n) is 14.8. The maximum Gasteiger partial charge on any atom is 0.250 e. The van der Waals surface area contributed by atoms with Gasteiger partial charge in [-0.05, 0) is 35.4 Å². The summed E-state index contributed by atoms with van der Waals surface area (Å²) in [5, 5.41) is 31.4. The molecule has 1 amide bonds. The fourth-order valence-electron chi connectivity index (χ4n) is 2.03. The smallest absolute Gasteiger partial charge is 0.250 e. The van der Waals surface area contributed by atoms with Gasteiger partial charge < -0.3 is 10.2 Å². The van der Waals surface area contributed by atoms with E-state index in [0.29, 0.717) is 15.7 Å². The van der Waals surface area contributed by atoms with Gasteiger partial charge in [0.05, 0.1) is 12.0 Å². The van der Waals surface area contributed by atoms with E-state index < -0.39 is 0 Å². The first-order valence-electron chi connectivity index (χ1n) is 8.17. The summed E-state index contributed by atoms with van der Waals surface area (Å²) in [6.45, 7) is 0. The van der Waals surface area contributed by atoms with E-state index >= 15 is 0 Å². The molecule has 0 saturated heterocycles. The topological polar surface area (TPSA) is 108 Å². The molecule has 11 heteroatoms. The molecule has 0 saturated carbocycles. The molecular formula is C18H15ClN4O3S3. The van der Waals surface area contributed by atoms with Crippen molar-refractivity contribution in [2.45, 2.75) is 14.4 Å². The third kappa shape index (κ3) is 6.64. The Morgan fingerprint density at radius 3 is 2.66 bits per heavy atom. The van der Waals surface area contributed by atoms with Crippen molar-refractivity contribution in [1.29, 1.82) is 0 Å². The Hall–Kier alpha value is -2.27. The van der Waals surface area contributed by atoms with Gasteiger partial charge in [-0.2, -0.15) is 5.10 Å². The van der Waals surface area contributed by atoms with Crippen molar-refractivity contribution in [3.63, 3.8) is 0 Å². The quantitative estimate of drug-likeness (QED) is 0.198. The van der Waals surface area contributed by atoms with Crippen LogP contribution >= 0.6 is 46.5 Å². The lowest BCUT2D eigenvalue weighted by molar-refractivity contribution is -0.118. The molecule has 3 N–H and O–H groups in total. The number of carbonyl (C=O) groups is 1. The Balaban J connectivity index is 1.43. The van der Waals surface area contributed by atoms with Crippen LogP contribution in [0.25, 0.3) is 0 Å². The number of phenols is 2. The minimum Gasteiger partial charge on any atom is -0.504 e. The molecule has 2 aromatic carbocycles. The van der Waals surface area contributed by atoms with Crippen LogP contribution < -0.4 is 5.43 Å². The molecule has 29 heavy (non-hydrogen) atoms. The largest absolute Gasteiger partial charge is 0.504 e. The summed E-state index contributed by atoms with van der Waals surface area (Å²) in [7, 11) is 0. The normalized spacial score (nSPS) is 11.1. The molecule has 3 rings (SSSR count). The summed E-state index contributed by atoms with van der Waals surface area (Å²) in [5.41, 5.74) is 3.97. The van der Waals surface area contributed by atoms with Crippen LogP contribution in [-0.4, -0.2) is 38.3 Å². The Morgan fingerprint density at radius 1 is 1.14 bits per heavy atom. The van der Waals surface area contributed by atoms with Crippen molar-refractivity contribution in [2.75, 3.05) is 5.75 Å². The number of thioether (sulfide) groups is 2. The van der Waals surface area contributed by atoms with Gasteiger partial charge in [-0.15, -0.1) is 10.2 Å². The van der Waals surface area contributed by atoms with Crippen molar-refractivity contribution in [2.24, 2.45) is 5.10 Å². The van der Waals surface area contributed by atoms with Crippen LogP contribution in [0.3, 0.4) is 0 Å². The first kappa shape index (κ1) is 21.4. The fourth-order valence-corrected chi connectivity index (χ4v) is 5.13. The molecule has 0 bridgehead atoms. The average Bonchev–Trinajstić information content (AvgIpc) is 3.16. The van der Waals surface area contributed by atoms with E-state index in [9.17, 15) is 15.0 Å². The highest BCUT2D eigenvalue weighted by atomic mass is 35.5. The lowest BCUT2D eigenvalue weighted by Gasteiger charge is -2.00. The predicted octanol–water partition coefficient (Wildman–Crippen LogP) is 4.14. The van der Waals surface area contributed by atoms with E-state index in [-0.39, 0.29) is 23.2 Å². The maximum absolute atomic E-state index is 11.9. The molecule has 0 aliphatic rings. The predicted molar refractivity (Wildman–Crippen MR) is 117 cm³/mol. The number of carbonyl (C=O) groups excluding carboxylic acids is 1. The molecule has 0 unspecified atom stereocenters. The first-order chi connectivity index (χ1) is 14.0. The highest BCUT2D eigenvalue weighted by Crippen LogP contribution is 2.32. The zero-order valence-corrected chi connectivity index (χ0v) is 18.0. The van der Waals surface area contributed by atoms with Gasteiger partial charge in [-0.3, -0.25) is 4.79 Å². The van der Waals surface area contributed by atoms with Crippen LogP contribution in [0.1, 0.15) is 11.1 Å². The Kier molecular flexibility index (Phi) is 7.76. The van der Waals surface area contributed by atoms with Gasteiger partial charge in [0.15, 0.2) is 20.2 Å². The van der Waals surface area contributed by atoms with Gasteiger partial charge in [0.2, 0.25) is 0 Å². The molecule has 0 fully saturated rings. The second-order valence-corrected chi connectivity index (χ2v) is 9.37. The van der Waals surface area contributed by atoms with Gasteiger partial charge in [0.1, 0.15) is 0 Å². The van der Waals surface area contributed by atoms with E-state index in [1.807, 2.05) is 24.3 Å². The molecule has 1 aromatic heterocycles. The number of nitrogens with zero attached hydrogens (tertiary/aromatic N) is 3. The standard InChI is InChI=1S/C18H15ClN4O3S3/c19-13-4-2-1-3-12(13)9-27-17-22-23-18(29-17)28-10-16(26)21-20-8-11-5-6-14(24)15(25)7-11/h1-8,24-25H,9-10H2,(H,21,26)/b20-8-. The van der Waals surface area contributed by atoms with Gasteiger partial charge in [0, 0.05) is 10.8 Å². The van der Waals surface area contributed by atoms with E-state index in [2.05, 4.69) is 20.7 Å². The molecule has 7 nitrogen and oxygen atoms in total. The molecule has 0 radical (unpaired) electrons. The molecular weight excluding hydrogens is 452 g/mol. The van der Waals surface area contributed by atoms with Gasteiger partial charge >= 0.3 is 0 Å². The summed E-state index contributed by atoms with van der Waals surface area (Å²) in [6, 6.07) is 11.9. The molecule has 3 aromatic rings. The average molecular weight is 467 g/mol. The van der Waals surface area contributed by atoms with Crippen LogP contribution in [0.15, 0.2) is 56.2 Å². The van der Waals surface area contributed by atoms with Gasteiger partial charge in [-0.25, -0.2) is 5.43 Å². The highest BCUT2D eigenvalue weighted by molar-refractivity contribution is 8.03. The minimum atomic E-state index is -0.297. The number of hydrogen-bond acceptors (Lipinski definition) is 9. The number of rotatable bonds is 8. The second kappa shape index (κ2) is 10.5. The number of nitrogens with one attached hydrogen (secondary N) is 1. The number of hydrogen-bond donors (Lipinski definition) is 3. The number of aromatic nitrogens is 2. The monoisotopic (exact) mass is 466 g/mol. The maximum atomic E-state index is 11.9. The Morgan fingerprint density at radius 2 is 1.90 bits per heavy atom. The lowest BCUT2D eigenvalue weighted by atomic mass is 10.2. The molecule has 1 heterocycles. The van der Waals surface area contributed by atoms with Crippen LogP contribution in [-0.2, 0) is 10.5 Å². The number of aromatic hydroxyl groups is 2. The molecule has 0 aliphatic heterocycles. The number of hydrazone groups is 1. The first-order valence-corrected chi connectivity index (χ1v) is 11.3. The van der Waals surface area contributed by atoms with E-state index in [4.69, 9.17) is 11.6 Å². The van der Waals surface area contributed by atoms with Crippen LogP contribution in [0.2, 0.25) is 5.02 Å². The van der Waals surface area contributed by atoms with E-state index in [1.165, 1.54) is 41.4 Å². The van der Waals surface area contributed by atoms with Crippen molar-refractivity contribution in [3.05, 3.63) is 58.6 Å². The van der Waals surface area contributed by atoms with E-state index in [1.54, 1.807) is 17.8 Å². The van der Waals surface area contributed by atoms with Crippen molar-refractivity contribution < 1.29 is 15.0 Å². The molecule has 150 valence electrons. The highest BCUT2D eigenvalue weighted by Gasteiger charge is 2.09. The van der Waals surface area contributed by atoms with Crippen LogP contribution in [0.4, 0.5) is 0 Å². The molecule has 0 aliphatic carbocycles. The molecule has 0 spiro atoms. The molecule has 0 atom stereocenters. The number of benzene rings is 2. The number of phenolic OH excluding ortho intramolecular Hbond substituents is 2. The third-order valence-corrected chi connectivity index (χ3v) is 7.03. The second-order valence-electron chi connectivity index (χ2n) is 5.54. The summed E-state index contributed by atoms with van der Waals surface area (Å²) < 4.78 is 1.49. The van der Waals surface area contributed by atoms with E-state index in [0.717, 1.165) is 14.9 Å². The van der Waals surface area contributed by atoms with Crippen molar-refractivity contribution >= 4 is 58.6 Å². The number of amides is 1. The van der Waals surface area contributed by atoms with Crippen LogP contribution in [0, 0.1) is 0 Å². The summed E-state index contributed by atoms with van der Waals surface area (Å²) in [4.78, 5) is 11.9. The summed E-state index contributed by atoms with van der Waals surface area (Å²) in [5.74, 6) is 0.0669. The lowest BCUT2D eigenvalue weighted by Crippen LogP contribution is -2.19. The summed E-state index contributed by atoms with van der Waals surface area (Å²) >= 11 is 10.4. The minimum absolute atomic E-state index is 0.141.